The molecule has 2 aromatic heterocycles. The molecule has 4 aliphatic rings. The molecule has 1 N–H and O–H groups in total. The van der Waals surface area contributed by atoms with Crippen molar-refractivity contribution in [2.45, 2.75) is 76.0 Å². The number of rotatable bonds is 7. The van der Waals surface area contributed by atoms with Crippen LogP contribution in [0.15, 0.2) is 48.7 Å². The largest absolute Gasteiger partial charge is 0.461 e. The number of piperazine rings is 1. The van der Waals surface area contributed by atoms with Gasteiger partial charge in [-0.25, -0.2) is 8.78 Å². The van der Waals surface area contributed by atoms with Crippen LogP contribution in [-0.2, 0) is 0 Å². The molecule has 8 rings (SSSR count). The van der Waals surface area contributed by atoms with Gasteiger partial charge in [0.2, 0.25) is 0 Å². The van der Waals surface area contributed by atoms with E-state index >= 15 is 4.39 Å². The zero-order valence-electron chi connectivity index (χ0n) is 27.0. The molecule has 2 bridgehead atoms. The molecule has 0 unspecified atom stereocenters. The van der Waals surface area contributed by atoms with Crippen LogP contribution in [0.5, 0.6) is 6.01 Å². The lowest BCUT2D eigenvalue weighted by Crippen LogP contribution is -2.51. The van der Waals surface area contributed by atoms with Crippen LogP contribution in [0, 0.1) is 29.9 Å². The van der Waals surface area contributed by atoms with E-state index in [1.54, 1.807) is 24.4 Å². The van der Waals surface area contributed by atoms with E-state index in [-0.39, 0.29) is 28.3 Å². The molecule has 4 atom stereocenters. The number of pyridine rings is 1. The fourth-order valence-corrected chi connectivity index (χ4v) is 8.74. The molecule has 0 amide bonds. The van der Waals surface area contributed by atoms with Gasteiger partial charge in [0, 0.05) is 54.9 Å². The first kappa shape index (κ1) is 30.2. The predicted molar refractivity (Wildman–Crippen MR) is 181 cm³/mol. The Bertz CT molecular complexity index is 1940. The lowest BCUT2D eigenvalue weighted by Gasteiger charge is -2.35. The second-order valence-corrected chi connectivity index (χ2v) is 14.4. The summed E-state index contributed by atoms with van der Waals surface area (Å²) in [6.45, 7) is 11.7. The maximum atomic E-state index is 16.9. The fraction of sp³-hybridized carbons (Fsp3) is 0.447. The SMILES string of the molecule is C#Cc1c(F)ccc2cccc(-c3ncc4c(N5C[C@H]6CC[C@@H](C5)N6)nc(OC[C@@]56CC[C@@H](CC(C)C)N5CC(=C)C6)nc4c3F)c12. The third kappa shape index (κ3) is 5.13. The van der Waals surface area contributed by atoms with E-state index in [9.17, 15) is 4.39 Å². The number of hydrogen-bond acceptors (Lipinski definition) is 7. The lowest BCUT2D eigenvalue weighted by atomic mass is 9.93. The van der Waals surface area contributed by atoms with Gasteiger partial charge in [-0.2, -0.15) is 9.97 Å². The first-order valence-electron chi connectivity index (χ1n) is 16.8. The summed E-state index contributed by atoms with van der Waals surface area (Å²) in [5.41, 5.74) is 1.74. The maximum Gasteiger partial charge on any atom is 0.319 e. The Morgan fingerprint density at radius 3 is 2.70 bits per heavy atom. The van der Waals surface area contributed by atoms with Gasteiger partial charge in [0.15, 0.2) is 5.82 Å². The number of anilines is 1. The molecule has 7 nitrogen and oxygen atoms in total. The number of benzene rings is 2. The summed E-state index contributed by atoms with van der Waals surface area (Å²) in [6.07, 6.45) is 13.7. The molecule has 4 fully saturated rings. The van der Waals surface area contributed by atoms with Crippen LogP contribution < -0.4 is 15.0 Å². The molecule has 4 aromatic rings. The van der Waals surface area contributed by atoms with Gasteiger partial charge in [-0.1, -0.05) is 56.2 Å². The molecule has 2 aromatic carbocycles. The molecule has 0 radical (unpaired) electrons. The Morgan fingerprint density at radius 1 is 1.13 bits per heavy atom. The van der Waals surface area contributed by atoms with Gasteiger partial charge in [-0.15, -0.1) is 6.42 Å². The van der Waals surface area contributed by atoms with Crippen molar-refractivity contribution in [3.63, 3.8) is 0 Å². The first-order chi connectivity index (χ1) is 22.7. The van der Waals surface area contributed by atoms with Crippen molar-refractivity contribution >= 4 is 27.5 Å². The molecule has 9 heteroatoms. The number of aromatic nitrogens is 3. The van der Waals surface area contributed by atoms with Gasteiger partial charge in [0.05, 0.1) is 16.5 Å². The van der Waals surface area contributed by atoms with E-state index in [1.165, 1.54) is 11.6 Å². The zero-order chi connectivity index (χ0) is 32.4. The molecule has 6 heterocycles. The van der Waals surface area contributed by atoms with Crippen LogP contribution in [0.1, 0.15) is 57.9 Å². The molecule has 47 heavy (non-hydrogen) atoms. The summed E-state index contributed by atoms with van der Waals surface area (Å²) >= 11 is 0. The van der Waals surface area contributed by atoms with Gasteiger partial charge in [0.1, 0.15) is 29.5 Å². The quantitative estimate of drug-likeness (QED) is 0.181. The van der Waals surface area contributed by atoms with Crippen molar-refractivity contribution in [2.24, 2.45) is 5.92 Å². The minimum Gasteiger partial charge on any atom is -0.461 e. The van der Waals surface area contributed by atoms with E-state index in [2.05, 4.69) is 46.4 Å². The Labute approximate surface area is 274 Å². The van der Waals surface area contributed by atoms with Crippen LogP contribution in [0.25, 0.3) is 32.9 Å². The highest BCUT2D eigenvalue weighted by Crippen LogP contribution is 2.46. The third-order valence-electron chi connectivity index (χ3n) is 10.7. The van der Waals surface area contributed by atoms with E-state index in [4.69, 9.17) is 21.1 Å². The average Bonchev–Trinajstić information content (AvgIpc) is 3.69. The summed E-state index contributed by atoms with van der Waals surface area (Å²) in [7, 11) is 0. The molecular weight excluding hydrogens is 594 g/mol. The van der Waals surface area contributed by atoms with E-state index in [0.29, 0.717) is 58.2 Å². The standard InChI is InChI=1S/C38H40F2N6O/c1-5-28-31(39)12-9-24-7-6-8-29(32(24)28)34-33(40)35-30(17-41-34)36(45-19-25-10-11-26(20-45)42-25)44-37(43-35)47-21-38-14-13-27(15-22(2)3)46(38)18-23(4)16-38/h1,6-9,12,17,22,25-27,42H,4,10-11,13-16,18-21H2,2-3H3/t25-,26+,27-,38-/m0/s1. The summed E-state index contributed by atoms with van der Waals surface area (Å²) < 4.78 is 38.3. The summed E-state index contributed by atoms with van der Waals surface area (Å²) in [5.74, 6) is 2.55. The number of nitrogens with zero attached hydrogens (tertiary/aromatic N) is 5. The van der Waals surface area contributed by atoms with Crippen LogP contribution in [0.3, 0.4) is 0 Å². The highest BCUT2D eigenvalue weighted by atomic mass is 19.1. The van der Waals surface area contributed by atoms with Crippen LogP contribution in [-0.4, -0.2) is 69.8 Å². The topological polar surface area (TPSA) is 66.4 Å². The Kier molecular flexibility index (Phi) is 7.42. The smallest absolute Gasteiger partial charge is 0.319 e. The Hall–Kier alpha value is -4.13. The number of fused-ring (bicyclic) bond motifs is 5. The third-order valence-corrected chi connectivity index (χ3v) is 10.7. The van der Waals surface area contributed by atoms with E-state index in [0.717, 1.165) is 58.2 Å². The van der Waals surface area contributed by atoms with E-state index < -0.39 is 11.6 Å². The highest BCUT2D eigenvalue weighted by Gasteiger charge is 2.51. The van der Waals surface area contributed by atoms with Gasteiger partial charge in [0.25, 0.3) is 0 Å². The summed E-state index contributed by atoms with van der Waals surface area (Å²) in [5, 5.41) is 5.34. The number of halogens is 2. The van der Waals surface area contributed by atoms with Gasteiger partial charge < -0.3 is 15.0 Å². The molecular formula is C38H40F2N6O. The van der Waals surface area contributed by atoms with Gasteiger partial charge in [-0.05, 0) is 55.9 Å². The monoisotopic (exact) mass is 634 g/mol. The minimum atomic E-state index is -0.610. The summed E-state index contributed by atoms with van der Waals surface area (Å²) in [4.78, 5) is 19.1. The lowest BCUT2D eigenvalue weighted by molar-refractivity contribution is 0.0789. The van der Waals surface area contributed by atoms with Crippen molar-refractivity contribution in [2.75, 3.05) is 31.1 Å². The summed E-state index contributed by atoms with van der Waals surface area (Å²) in [6, 6.07) is 9.68. The van der Waals surface area contributed by atoms with E-state index in [1.807, 2.05) is 6.07 Å². The van der Waals surface area contributed by atoms with Crippen molar-refractivity contribution in [3.8, 4) is 29.6 Å². The average molecular weight is 635 g/mol. The second kappa shape index (κ2) is 11.5. The fourth-order valence-electron chi connectivity index (χ4n) is 8.74. The molecule has 242 valence electrons. The molecule has 0 spiro atoms. The van der Waals surface area contributed by atoms with Crippen molar-refractivity contribution in [3.05, 3.63) is 65.9 Å². The van der Waals surface area contributed by atoms with Crippen molar-refractivity contribution in [1.29, 1.82) is 0 Å². The highest BCUT2D eigenvalue weighted by molar-refractivity contribution is 6.02. The van der Waals surface area contributed by atoms with Gasteiger partial charge in [-0.3, -0.25) is 9.88 Å². The molecule has 4 aliphatic heterocycles. The molecule has 0 saturated carbocycles. The van der Waals surface area contributed by atoms with Crippen LogP contribution in [0.4, 0.5) is 14.6 Å². The van der Waals surface area contributed by atoms with Gasteiger partial charge >= 0.3 is 6.01 Å². The number of ether oxygens (including phenoxy) is 1. The van der Waals surface area contributed by atoms with Crippen molar-refractivity contribution in [1.82, 2.24) is 25.2 Å². The predicted octanol–water partition coefficient (Wildman–Crippen LogP) is 6.63. The van der Waals surface area contributed by atoms with Crippen LogP contribution >= 0.6 is 0 Å². The molecule has 4 saturated heterocycles. The zero-order valence-corrected chi connectivity index (χ0v) is 27.0. The molecule has 0 aliphatic carbocycles. The van der Waals surface area contributed by atoms with Crippen LogP contribution in [0.2, 0.25) is 0 Å². The Morgan fingerprint density at radius 2 is 1.94 bits per heavy atom. The van der Waals surface area contributed by atoms with Crippen molar-refractivity contribution < 1.29 is 13.5 Å². The normalized spacial score (nSPS) is 25.7. The number of hydrogen-bond donors (Lipinski definition) is 1. The first-order valence-corrected chi connectivity index (χ1v) is 16.8. The number of terminal acetylenes is 1. The Balaban J connectivity index is 1.23. The number of nitrogens with one attached hydrogen (secondary N) is 1. The second-order valence-electron chi connectivity index (χ2n) is 14.4. The maximum absolute atomic E-state index is 16.9. The minimum absolute atomic E-state index is 0.0605.